The maximum absolute atomic E-state index is 12.5. The number of hydrogen-bond donors (Lipinski definition) is 0. The number of Topliss-reactive ketones (excluding diaryl/α,β-unsaturated/α-hetero) is 1. The fourth-order valence-electron chi connectivity index (χ4n) is 2.45. The number of ketones is 1. The van der Waals surface area contributed by atoms with Gasteiger partial charge in [0.1, 0.15) is 5.78 Å². The summed E-state index contributed by atoms with van der Waals surface area (Å²) in [5.74, 6) is -2.68. The Morgan fingerprint density at radius 1 is 1.05 bits per heavy atom. The van der Waals surface area contributed by atoms with E-state index in [0.29, 0.717) is 12.8 Å². The van der Waals surface area contributed by atoms with Gasteiger partial charge in [0.05, 0.1) is 5.92 Å². The smallest absolute Gasteiger partial charge is 0.299 e. The number of rotatable bonds is 4. The quantitative estimate of drug-likeness (QED) is 0.688. The first kappa shape index (κ1) is 16.3. The molecule has 1 aliphatic carbocycles. The molecule has 1 rings (SSSR count). The van der Waals surface area contributed by atoms with E-state index in [1.165, 1.54) is 0 Å². The Hall–Kier alpha value is -0.750. The van der Waals surface area contributed by atoms with Crippen LogP contribution in [0.3, 0.4) is 0 Å². The lowest BCUT2D eigenvalue weighted by Crippen LogP contribution is -2.31. The molecule has 0 saturated heterocycles. The molecule has 0 spiro atoms. The molecule has 1 fully saturated rings. The number of halogens is 6. The molecule has 0 aromatic rings. The van der Waals surface area contributed by atoms with Crippen LogP contribution in [0, 0.1) is 11.8 Å². The first-order chi connectivity index (χ1) is 8.59. The second kappa shape index (κ2) is 6.13. The summed E-state index contributed by atoms with van der Waals surface area (Å²) in [6, 6.07) is 0. The van der Waals surface area contributed by atoms with Crippen LogP contribution < -0.4 is 0 Å². The van der Waals surface area contributed by atoms with E-state index in [1.54, 1.807) is 0 Å². The number of alkyl halides is 6. The third-order valence-corrected chi connectivity index (χ3v) is 3.48. The molecule has 2 unspecified atom stereocenters. The summed E-state index contributed by atoms with van der Waals surface area (Å²) in [5, 5.41) is 0. The second-order valence-electron chi connectivity index (χ2n) is 5.04. The van der Waals surface area contributed by atoms with Crippen molar-refractivity contribution in [1.29, 1.82) is 0 Å². The lowest BCUT2D eigenvalue weighted by molar-refractivity contribution is -0.186. The van der Waals surface area contributed by atoms with E-state index in [2.05, 4.69) is 0 Å². The van der Waals surface area contributed by atoms with Gasteiger partial charge in [-0.3, -0.25) is 4.79 Å². The van der Waals surface area contributed by atoms with Gasteiger partial charge in [-0.1, -0.05) is 6.42 Å². The zero-order valence-electron chi connectivity index (χ0n) is 10.3. The molecule has 19 heavy (non-hydrogen) atoms. The summed E-state index contributed by atoms with van der Waals surface area (Å²) >= 11 is 0. The highest BCUT2D eigenvalue weighted by Gasteiger charge is 2.43. The average Bonchev–Trinajstić information content (AvgIpc) is 2.26. The maximum atomic E-state index is 12.5. The summed E-state index contributed by atoms with van der Waals surface area (Å²) in [7, 11) is 0. The van der Waals surface area contributed by atoms with Gasteiger partial charge in [-0.2, -0.15) is 26.3 Å². The van der Waals surface area contributed by atoms with Gasteiger partial charge in [0.15, 0.2) is 0 Å². The van der Waals surface area contributed by atoms with Crippen molar-refractivity contribution in [1.82, 2.24) is 0 Å². The highest BCUT2D eigenvalue weighted by molar-refractivity contribution is 5.81. The summed E-state index contributed by atoms with van der Waals surface area (Å²) < 4.78 is 73.3. The highest BCUT2D eigenvalue weighted by Crippen LogP contribution is 2.40. The van der Waals surface area contributed by atoms with Crippen LogP contribution in [-0.4, -0.2) is 18.1 Å². The van der Waals surface area contributed by atoms with Gasteiger partial charge in [0, 0.05) is 18.8 Å². The molecule has 0 aromatic carbocycles. The van der Waals surface area contributed by atoms with Crippen molar-refractivity contribution < 1.29 is 31.1 Å². The van der Waals surface area contributed by atoms with Gasteiger partial charge in [-0.25, -0.2) is 0 Å². The van der Waals surface area contributed by atoms with Crippen molar-refractivity contribution in [2.24, 2.45) is 11.8 Å². The minimum absolute atomic E-state index is 0.00975. The summed E-state index contributed by atoms with van der Waals surface area (Å²) in [5.41, 5.74) is 0. The molecule has 1 aliphatic rings. The van der Waals surface area contributed by atoms with E-state index < -0.39 is 36.4 Å². The van der Waals surface area contributed by atoms with Crippen LogP contribution in [0.15, 0.2) is 0 Å². The number of hydrogen-bond acceptors (Lipinski definition) is 1. The molecule has 0 radical (unpaired) electrons. The summed E-state index contributed by atoms with van der Waals surface area (Å²) in [4.78, 5) is 11.6. The van der Waals surface area contributed by atoms with E-state index in [-0.39, 0.29) is 25.7 Å². The van der Waals surface area contributed by atoms with Crippen LogP contribution >= 0.6 is 0 Å². The van der Waals surface area contributed by atoms with Crippen LogP contribution in [0.4, 0.5) is 26.3 Å². The van der Waals surface area contributed by atoms with Crippen LogP contribution in [0.5, 0.6) is 0 Å². The van der Waals surface area contributed by atoms with Crippen LogP contribution in [0.1, 0.15) is 44.9 Å². The van der Waals surface area contributed by atoms with Gasteiger partial charge < -0.3 is 0 Å². The van der Waals surface area contributed by atoms with Crippen molar-refractivity contribution >= 4 is 5.78 Å². The topological polar surface area (TPSA) is 17.1 Å². The molecule has 0 amide bonds. The van der Waals surface area contributed by atoms with Crippen molar-refractivity contribution in [3.8, 4) is 0 Å². The minimum atomic E-state index is -4.32. The molecular weight excluding hydrogens is 274 g/mol. The molecule has 112 valence electrons. The van der Waals surface area contributed by atoms with Crippen molar-refractivity contribution in [3.05, 3.63) is 0 Å². The van der Waals surface area contributed by atoms with Gasteiger partial charge >= 0.3 is 12.4 Å². The third-order valence-electron chi connectivity index (χ3n) is 3.48. The maximum Gasteiger partial charge on any atom is 0.391 e. The van der Waals surface area contributed by atoms with Crippen LogP contribution in [-0.2, 0) is 4.79 Å². The molecule has 7 heteroatoms. The molecule has 0 bridgehead atoms. The molecule has 0 aromatic heterocycles. The minimum Gasteiger partial charge on any atom is -0.299 e. The van der Waals surface area contributed by atoms with Crippen molar-refractivity contribution in [2.75, 3.05) is 0 Å². The molecule has 1 nitrogen and oxygen atoms in total. The predicted octanol–water partition coefficient (Wildman–Crippen LogP) is 4.66. The van der Waals surface area contributed by atoms with Gasteiger partial charge in [-0.05, 0) is 25.7 Å². The standard InChI is InChI=1S/C12H16F6O/c13-11(14,15)6-2-5-10(19)8-3-1-4-9(7-8)12(16,17)18/h8-9H,1-7H2. The third kappa shape index (κ3) is 5.82. The summed E-state index contributed by atoms with van der Waals surface area (Å²) in [6.07, 6.45) is -9.91. The lowest BCUT2D eigenvalue weighted by atomic mass is 9.78. The molecule has 0 aliphatic heterocycles. The number of carbonyl (C=O) groups excluding carboxylic acids is 1. The Labute approximate surface area is 107 Å². The Morgan fingerprint density at radius 2 is 1.68 bits per heavy atom. The fourth-order valence-corrected chi connectivity index (χ4v) is 2.45. The van der Waals surface area contributed by atoms with E-state index in [4.69, 9.17) is 0 Å². The Bertz CT molecular complexity index is 306. The normalized spacial score (nSPS) is 25.4. The zero-order valence-corrected chi connectivity index (χ0v) is 10.3. The van der Waals surface area contributed by atoms with Crippen molar-refractivity contribution in [3.63, 3.8) is 0 Å². The highest BCUT2D eigenvalue weighted by atomic mass is 19.4. The second-order valence-corrected chi connectivity index (χ2v) is 5.04. The van der Waals surface area contributed by atoms with E-state index >= 15 is 0 Å². The van der Waals surface area contributed by atoms with Gasteiger partial charge in [0.25, 0.3) is 0 Å². The molecular formula is C12H16F6O. The van der Waals surface area contributed by atoms with E-state index in [1.807, 2.05) is 0 Å². The zero-order chi connectivity index (χ0) is 14.7. The Morgan fingerprint density at radius 3 is 2.21 bits per heavy atom. The summed E-state index contributed by atoms with van der Waals surface area (Å²) in [6.45, 7) is 0. The Kier molecular flexibility index (Phi) is 5.26. The molecule has 2 atom stereocenters. The van der Waals surface area contributed by atoms with Gasteiger partial charge in [-0.15, -0.1) is 0 Å². The van der Waals surface area contributed by atoms with Crippen LogP contribution in [0.25, 0.3) is 0 Å². The average molecular weight is 290 g/mol. The number of carbonyl (C=O) groups is 1. The first-order valence-electron chi connectivity index (χ1n) is 6.26. The van der Waals surface area contributed by atoms with Gasteiger partial charge in [0.2, 0.25) is 0 Å². The molecule has 0 heterocycles. The predicted molar refractivity (Wildman–Crippen MR) is 56.4 cm³/mol. The van der Waals surface area contributed by atoms with Crippen molar-refractivity contribution in [2.45, 2.75) is 57.3 Å². The molecule has 0 N–H and O–H groups in total. The molecule has 1 saturated carbocycles. The first-order valence-corrected chi connectivity index (χ1v) is 6.26. The van der Waals surface area contributed by atoms with E-state index in [9.17, 15) is 31.1 Å². The largest absolute Gasteiger partial charge is 0.391 e. The SMILES string of the molecule is O=C(CCCC(F)(F)F)C1CCCC(C(F)(F)F)C1. The fraction of sp³-hybridized carbons (Fsp3) is 0.917. The lowest BCUT2D eigenvalue weighted by Gasteiger charge is -2.29. The monoisotopic (exact) mass is 290 g/mol. The van der Waals surface area contributed by atoms with Crippen LogP contribution in [0.2, 0.25) is 0 Å². The van der Waals surface area contributed by atoms with E-state index in [0.717, 1.165) is 0 Å². The Balaban J connectivity index is 2.40.